The second-order valence-electron chi connectivity index (χ2n) is 10.4. The molecule has 0 spiro atoms. The number of carbonyl (C=O) groups excluding carboxylic acids is 1. The molecule has 39 heavy (non-hydrogen) atoms. The molecule has 0 saturated heterocycles. The van der Waals surface area contributed by atoms with Gasteiger partial charge in [-0.05, 0) is 80.3 Å². The van der Waals surface area contributed by atoms with Gasteiger partial charge in [-0.15, -0.1) is 0 Å². The molecule has 1 atom stereocenters. The molecule has 5 aromatic rings. The van der Waals surface area contributed by atoms with Gasteiger partial charge in [0.05, 0.1) is 29.7 Å². The minimum atomic E-state index is -0.284. The molecule has 0 radical (unpaired) electrons. The zero-order valence-corrected chi connectivity index (χ0v) is 22.8. The Hall–Kier alpha value is -4.58. The molecule has 0 fully saturated rings. The number of amides is 2. The number of nitrogens with zero attached hydrogens (tertiary/aromatic N) is 4. The van der Waals surface area contributed by atoms with Gasteiger partial charge in [0.15, 0.2) is 0 Å². The number of aryl methyl sites for hydroxylation is 4. The summed E-state index contributed by atoms with van der Waals surface area (Å²) in [4.78, 5) is 16.1. The van der Waals surface area contributed by atoms with Gasteiger partial charge < -0.3 is 14.8 Å². The fourth-order valence-corrected chi connectivity index (χ4v) is 5.69. The number of nitrogens with one attached hydrogen (secondary N) is 1. The summed E-state index contributed by atoms with van der Waals surface area (Å²) in [5.74, 6) is 0.983. The quantitative estimate of drug-likeness (QED) is 0.273. The Labute approximate surface area is 229 Å². The second kappa shape index (κ2) is 9.95. The maximum absolute atomic E-state index is 14.2. The van der Waals surface area contributed by atoms with Crippen LogP contribution < -0.4 is 5.32 Å². The predicted molar refractivity (Wildman–Crippen MR) is 156 cm³/mol. The zero-order chi connectivity index (χ0) is 27.1. The number of carbonyl (C=O) groups is 1. The monoisotopic (exact) mass is 515 g/mol. The maximum Gasteiger partial charge on any atom is 0.322 e. The first-order valence-corrected chi connectivity index (χ1v) is 13.5. The lowest BCUT2D eigenvalue weighted by Crippen LogP contribution is -2.38. The number of benzene rings is 3. The molecule has 1 unspecified atom stereocenters. The highest BCUT2D eigenvalue weighted by Gasteiger charge is 2.36. The van der Waals surface area contributed by atoms with E-state index < -0.39 is 0 Å². The van der Waals surface area contributed by atoms with E-state index in [4.69, 9.17) is 5.10 Å². The van der Waals surface area contributed by atoms with Crippen LogP contribution in [0.15, 0.2) is 91.1 Å². The van der Waals surface area contributed by atoms with E-state index in [0.29, 0.717) is 6.54 Å². The third-order valence-corrected chi connectivity index (χ3v) is 7.43. The van der Waals surface area contributed by atoms with Crippen LogP contribution in [0.2, 0.25) is 0 Å². The topological polar surface area (TPSA) is 55.1 Å². The Morgan fingerprint density at radius 3 is 2.31 bits per heavy atom. The molecule has 6 rings (SSSR count). The Kier molecular flexibility index (Phi) is 6.31. The van der Waals surface area contributed by atoms with E-state index in [-0.39, 0.29) is 12.1 Å². The van der Waals surface area contributed by atoms with Gasteiger partial charge in [0.25, 0.3) is 0 Å². The number of urea groups is 1. The number of fused-ring (bicyclic) bond motifs is 3. The van der Waals surface area contributed by atoms with Crippen molar-refractivity contribution in [3.05, 3.63) is 130 Å². The standard InChI is InChI=1S/C33H33N5O/c1-5-29-28-21-37(33(39)34-26-19-23(3)18-24(4)20-26)31(25-15-13-22(2)14-16-25)30-12-9-17-36(30)32(28)38(35-29)27-10-7-6-8-11-27/h6-20,31H,5,21H2,1-4H3,(H,34,39). The molecule has 3 heterocycles. The fourth-order valence-electron chi connectivity index (χ4n) is 5.69. The number of para-hydroxylation sites is 1. The lowest BCUT2D eigenvalue weighted by atomic mass is 10.0. The van der Waals surface area contributed by atoms with Crippen LogP contribution >= 0.6 is 0 Å². The molecule has 6 nitrogen and oxygen atoms in total. The average Bonchev–Trinajstić information content (AvgIpc) is 3.50. The molecule has 0 saturated carbocycles. The van der Waals surface area contributed by atoms with Crippen LogP contribution in [0.5, 0.6) is 0 Å². The second-order valence-corrected chi connectivity index (χ2v) is 10.4. The van der Waals surface area contributed by atoms with Crippen LogP contribution in [-0.4, -0.2) is 25.3 Å². The first-order valence-electron chi connectivity index (χ1n) is 13.5. The lowest BCUT2D eigenvalue weighted by molar-refractivity contribution is 0.194. The van der Waals surface area contributed by atoms with Crippen molar-refractivity contribution in [2.45, 2.75) is 46.7 Å². The van der Waals surface area contributed by atoms with Crippen LogP contribution in [0.3, 0.4) is 0 Å². The molecule has 1 N–H and O–H groups in total. The van der Waals surface area contributed by atoms with Crippen molar-refractivity contribution >= 4 is 11.7 Å². The summed E-state index contributed by atoms with van der Waals surface area (Å²) >= 11 is 0. The summed E-state index contributed by atoms with van der Waals surface area (Å²) in [6.45, 7) is 8.74. The van der Waals surface area contributed by atoms with Crippen LogP contribution in [0, 0.1) is 20.8 Å². The first-order chi connectivity index (χ1) is 18.9. The average molecular weight is 516 g/mol. The summed E-state index contributed by atoms with van der Waals surface area (Å²) in [6, 6.07) is 28.6. The maximum atomic E-state index is 14.2. The van der Waals surface area contributed by atoms with Crippen LogP contribution in [0.25, 0.3) is 11.5 Å². The first kappa shape index (κ1) is 24.7. The van der Waals surface area contributed by atoms with Crippen molar-refractivity contribution in [2.24, 2.45) is 0 Å². The van der Waals surface area contributed by atoms with Gasteiger partial charge in [-0.2, -0.15) is 5.10 Å². The Balaban J connectivity index is 1.54. The van der Waals surface area contributed by atoms with Gasteiger partial charge in [-0.3, -0.25) is 0 Å². The Morgan fingerprint density at radius 2 is 1.62 bits per heavy atom. The van der Waals surface area contributed by atoms with Crippen molar-refractivity contribution in [3.63, 3.8) is 0 Å². The van der Waals surface area contributed by atoms with Gasteiger partial charge in [0.2, 0.25) is 0 Å². The minimum absolute atomic E-state index is 0.138. The lowest BCUT2D eigenvalue weighted by Gasteiger charge is -2.31. The third kappa shape index (κ3) is 4.52. The van der Waals surface area contributed by atoms with E-state index in [2.05, 4.69) is 84.5 Å². The number of aromatic nitrogens is 3. The largest absolute Gasteiger partial charge is 0.322 e. The predicted octanol–water partition coefficient (Wildman–Crippen LogP) is 7.29. The molecule has 1 aliphatic rings. The summed E-state index contributed by atoms with van der Waals surface area (Å²) < 4.78 is 4.23. The fraction of sp³-hybridized carbons (Fsp3) is 0.212. The SMILES string of the molecule is CCc1nn(-c2ccccc2)c2c1CN(C(=O)Nc1cc(C)cc(C)c1)C(c1ccc(C)cc1)c1cccn1-2. The molecule has 1 aliphatic heterocycles. The van der Waals surface area contributed by atoms with E-state index in [9.17, 15) is 4.79 Å². The Bertz CT molecular complexity index is 1630. The van der Waals surface area contributed by atoms with Gasteiger partial charge in [0, 0.05) is 17.4 Å². The summed E-state index contributed by atoms with van der Waals surface area (Å²) in [5.41, 5.74) is 9.35. The van der Waals surface area contributed by atoms with Crippen molar-refractivity contribution in [1.82, 2.24) is 19.2 Å². The molecule has 2 amide bonds. The highest BCUT2D eigenvalue weighted by atomic mass is 16.2. The number of rotatable bonds is 4. The zero-order valence-electron chi connectivity index (χ0n) is 22.8. The number of hydrogen-bond acceptors (Lipinski definition) is 2. The minimum Gasteiger partial charge on any atom is -0.308 e. The highest BCUT2D eigenvalue weighted by molar-refractivity contribution is 5.90. The highest BCUT2D eigenvalue weighted by Crippen LogP contribution is 2.39. The van der Waals surface area contributed by atoms with E-state index in [1.807, 2.05) is 53.8 Å². The van der Waals surface area contributed by atoms with Gasteiger partial charge in [-0.25, -0.2) is 9.48 Å². The molecular formula is C33H33N5O. The van der Waals surface area contributed by atoms with Crippen molar-refractivity contribution in [1.29, 1.82) is 0 Å². The molecule has 6 heteroatoms. The van der Waals surface area contributed by atoms with Crippen LogP contribution in [0.4, 0.5) is 10.5 Å². The molecule has 0 bridgehead atoms. The summed E-state index contributed by atoms with van der Waals surface area (Å²) in [5, 5.41) is 8.26. The molecular weight excluding hydrogens is 482 g/mol. The molecule has 196 valence electrons. The van der Waals surface area contributed by atoms with Crippen molar-refractivity contribution in [3.8, 4) is 11.5 Å². The summed E-state index contributed by atoms with van der Waals surface area (Å²) in [6.07, 6.45) is 2.85. The van der Waals surface area contributed by atoms with Gasteiger partial charge >= 0.3 is 6.03 Å². The normalized spacial score (nSPS) is 14.5. The van der Waals surface area contributed by atoms with Crippen LogP contribution in [0.1, 0.15) is 52.2 Å². The third-order valence-electron chi connectivity index (χ3n) is 7.43. The summed E-state index contributed by atoms with van der Waals surface area (Å²) in [7, 11) is 0. The Morgan fingerprint density at radius 1 is 0.897 bits per heavy atom. The van der Waals surface area contributed by atoms with Crippen molar-refractivity contribution < 1.29 is 4.79 Å². The smallest absolute Gasteiger partial charge is 0.308 e. The van der Waals surface area contributed by atoms with Crippen LogP contribution in [-0.2, 0) is 13.0 Å². The molecule has 3 aromatic carbocycles. The van der Waals surface area contributed by atoms with Gasteiger partial charge in [-0.1, -0.05) is 61.0 Å². The number of hydrogen-bond donors (Lipinski definition) is 1. The molecule has 2 aromatic heterocycles. The van der Waals surface area contributed by atoms with Crippen molar-refractivity contribution in [2.75, 3.05) is 5.32 Å². The van der Waals surface area contributed by atoms with E-state index in [1.54, 1.807) is 0 Å². The van der Waals surface area contributed by atoms with E-state index in [1.165, 1.54) is 5.56 Å². The molecule has 0 aliphatic carbocycles. The number of anilines is 1. The van der Waals surface area contributed by atoms with E-state index >= 15 is 0 Å². The van der Waals surface area contributed by atoms with E-state index in [0.717, 1.165) is 57.3 Å². The van der Waals surface area contributed by atoms with Gasteiger partial charge in [0.1, 0.15) is 5.82 Å².